The third-order valence-electron chi connectivity index (χ3n) is 5.83. The largest absolute Gasteiger partial charge is 0.480 e. The van der Waals surface area contributed by atoms with Crippen molar-refractivity contribution in [2.24, 2.45) is 0 Å². The molecule has 8 N–H and O–H groups in total. The van der Waals surface area contributed by atoms with Crippen molar-refractivity contribution in [2.45, 2.75) is 22.6 Å². The average molecular weight is 1100 g/mol. The van der Waals surface area contributed by atoms with Crippen LogP contribution in [0.2, 0.25) is 0 Å². The Balaban J connectivity index is -0.000000411. The maximum atomic E-state index is 12.0. The molecule has 24 heteroatoms. The molecule has 2 rings (SSSR count). The Morgan fingerprint density at radius 2 is 0.769 bits per heavy atom. The molecule has 0 saturated heterocycles. The number of benzene rings is 2. The molecule has 4 radical (unpaired) electrons. The third-order valence-corrected chi connectivity index (χ3v) is 7.37. The molecule has 52 heavy (non-hydrogen) atoms. The first kappa shape index (κ1) is 58.7. The molecule has 4 amide bonds. The molecule has 0 aromatic heterocycles. The molecule has 0 bridgehead atoms. The number of carbonyl (C=O) groups excluding carboxylic acids is 4. The summed E-state index contributed by atoms with van der Waals surface area (Å²) in [6.07, 6.45) is 0. The molecule has 0 aliphatic heterocycles. The molecule has 0 fully saturated rings. The van der Waals surface area contributed by atoms with Crippen molar-refractivity contribution in [3.05, 3.63) is 70.8 Å². The zero-order valence-corrected chi connectivity index (χ0v) is 41.8. The molecule has 0 aliphatic rings. The number of hydrogen-bond donors (Lipinski definition) is 12. The van der Waals surface area contributed by atoms with Gasteiger partial charge in [0.15, 0.2) is 0 Å². The van der Waals surface area contributed by atoms with Gasteiger partial charge >= 0.3 is 23.9 Å². The van der Waals surface area contributed by atoms with Gasteiger partial charge in [-0.3, -0.25) is 28.8 Å². The van der Waals surface area contributed by atoms with E-state index in [4.69, 9.17) is 20.4 Å². The minimum absolute atomic E-state index is 0. The number of rotatable bonds is 16. The molecule has 0 heterocycles. The Morgan fingerprint density at radius 3 is 1.00 bits per heavy atom. The van der Waals surface area contributed by atoms with Gasteiger partial charge < -0.3 is 41.7 Å². The summed E-state index contributed by atoms with van der Waals surface area (Å²) in [5, 5.41) is 42.4. The van der Waals surface area contributed by atoms with Gasteiger partial charge in [0.25, 0.3) is 23.6 Å². The van der Waals surface area contributed by atoms with Crippen LogP contribution in [0.4, 0.5) is 0 Å². The van der Waals surface area contributed by atoms with Crippen molar-refractivity contribution >= 4 is 98.0 Å². The van der Waals surface area contributed by atoms with E-state index in [1.807, 2.05) is 0 Å². The Kier molecular flexibility index (Phi) is 35.2. The molecule has 0 aliphatic carbocycles. The van der Waals surface area contributed by atoms with Crippen LogP contribution in [0.15, 0.2) is 48.5 Å². The van der Waals surface area contributed by atoms with E-state index in [0.29, 0.717) is 0 Å². The van der Waals surface area contributed by atoms with Crippen LogP contribution in [0.5, 0.6) is 0 Å². The maximum Gasteiger partial charge on any atom is 0.327 e. The quantitative estimate of drug-likeness (QED) is 0.0978. The fourth-order valence-electron chi connectivity index (χ4n) is 3.21. The minimum atomic E-state index is -1.23. The van der Waals surface area contributed by atoms with Crippen molar-refractivity contribution in [1.29, 1.82) is 0 Å². The Labute approximate surface area is 420 Å². The number of thiol groups is 4. The third kappa shape index (κ3) is 21.9. The molecule has 272 valence electrons. The summed E-state index contributed by atoms with van der Waals surface area (Å²) in [7, 11) is 0. The van der Waals surface area contributed by atoms with Gasteiger partial charge in [0.05, 0.1) is 0 Å². The van der Waals surface area contributed by atoms with Crippen LogP contribution in [0.1, 0.15) is 41.4 Å². The summed E-state index contributed by atoms with van der Waals surface area (Å²) in [4.78, 5) is 91.0. The summed E-state index contributed by atoms with van der Waals surface area (Å²) in [6.45, 7) is -0.346. The van der Waals surface area contributed by atoms with E-state index >= 15 is 0 Å². The SMILES string of the molecule is O=C(NC(CS)C(=O)O)c1cccc(C(=O)NC(CS)C(=O)O)c1.O=C(NCC(S)C(=O)O)c1cccc(C(=O)NCC(S)C(=O)O)c1.[Y].[Y].[Y].[Y]. The molecule has 2 aromatic rings. The average Bonchev–Trinajstić information content (AvgIpc) is 3.06. The summed E-state index contributed by atoms with van der Waals surface area (Å²) < 4.78 is 0. The van der Waals surface area contributed by atoms with Gasteiger partial charge in [-0.1, -0.05) is 12.1 Å². The number of aliphatic carboxylic acids is 4. The summed E-state index contributed by atoms with van der Waals surface area (Å²) in [5.74, 6) is -7.45. The molecule has 4 atom stereocenters. The second-order valence-electron chi connectivity index (χ2n) is 9.38. The molecular weight excluding hydrogens is 1070 g/mol. The molecule has 0 saturated carbocycles. The number of carbonyl (C=O) groups is 8. The van der Waals surface area contributed by atoms with Crippen molar-refractivity contribution in [2.75, 3.05) is 24.6 Å². The van der Waals surface area contributed by atoms with Crippen LogP contribution in [-0.2, 0) is 150 Å². The van der Waals surface area contributed by atoms with Crippen LogP contribution in [0.25, 0.3) is 0 Å². The van der Waals surface area contributed by atoms with E-state index < -0.39 is 70.1 Å². The smallest absolute Gasteiger partial charge is 0.327 e. The van der Waals surface area contributed by atoms with Gasteiger partial charge in [-0.25, -0.2) is 9.59 Å². The molecule has 0 spiro atoms. The topological polar surface area (TPSA) is 266 Å². The minimum Gasteiger partial charge on any atom is -0.480 e. The summed E-state index contributed by atoms with van der Waals surface area (Å²) in [6, 6.07) is 8.84. The van der Waals surface area contributed by atoms with E-state index in [1.165, 1.54) is 48.5 Å². The van der Waals surface area contributed by atoms with Crippen molar-refractivity contribution < 1.29 is 190 Å². The normalized spacial score (nSPS) is 11.8. The van der Waals surface area contributed by atoms with Crippen LogP contribution in [0, 0.1) is 0 Å². The van der Waals surface area contributed by atoms with E-state index in [0.717, 1.165) is 0 Å². The Bertz CT molecular complexity index is 1440. The van der Waals surface area contributed by atoms with Crippen molar-refractivity contribution in [3.8, 4) is 0 Å². The first-order valence-electron chi connectivity index (χ1n) is 13.4. The fourth-order valence-corrected chi connectivity index (χ4v) is 3.89. The summed E-state index contributed by atoms with van der Waals surface area (Å²) in [5.41, 5.74) is 0.449. The predicted molar refractivity (Wildman–Crippen MR) is 184 cm³/mol. The van der Waals surface area contributed by atoms with Gasteiger partial charge in [0.1, 0.15) is 22.6 Å². The second kappa shape index (κ2) is 31.1. The Morgan fingerprint density at radius 1 is 0.500 bits per heavy atom. The van der Waals surface area contributed by atoms with Crippen molar-refractivity contribution in [3.63, 3.8) is 0 Å². The van der Waals surface area contributed by atoms with Gasteiger partial charge in [0, 0.05) is 178 Å². The van der Waals surface area contributed by atoms with E-state index in [2.05, 4.69) is 71.8 Å². The summed E-state index contributed by atoms with van der Waals surface area (Å²) >= 11 is 15.3. The number of carboxylic acid groups (broad SMARTS) is 4. The van der Waals surface area contributed by atoms with Crippen LogP contribution in [-0.4, -0.2) is 115 Å². The molecule has 4 unspecified atom stereocenters. The monoisotopic (exact) mass is 1100 g/mol. The first-order valence-corrected chi connectivity index (χ1v) is 15.7. The zero-order chi connectivity index (χ0) is 36.6. The molecule has 16 nitrogen and oxygen atoms in total. The van der Waals surface area contributed by atoms with Gasteiger partial charge in [0.2, 0.25) is 0 Å². The van der Waals surface area contributed by atoms with E-state index in [9.17, 15) is 38.4 Å². The number of nitrogens with one attached hydrogen (secondary N) is 4. The fraction of sp³-hybridized carbons (Fsp3) is 0.286. The van der Waals surface area contributed by atoms with Crippen molar-refractivity contribution in [1.82, 2.24) is 21.3 Å². The second-order valence-corrected chi connectivity index (χ2v) is 11.4. The predicted octanol–water partition coefficient (Wildman–Crippen LogP) is -0.186. The number of carboxylic acids is 4. The Hall–Kier alpha value is 0.0156. The zero-order valence-electron chi connectivity index (χ0n) is 26.9. The van der Waals surface area contributed by atoms with Crippen LogP contribution in [0.3, 0.4) is 0 Å². The van der Waals surface area contributed by atoms with Gasteiger partial charge in [-0.15, -0.1) is 0 Å². The number of hydrogen-bond acceptors (Lipinski definition) is 12. The first-order chi connectivity index (χ1) is 22.5. The molecular formula is C28H32N4O12S4Y4. The van der Waals surface area contributed by atoms with E-state index in [1.54, 1.807) is 0 Å². The van der Waals surface area contributed by atoms with Gasteiger partial charge in [-0.05, 0) is 36.4 Å². The van der Waals surface area contributed by atoms with E-state index in [-0.39, 0.29) is 178 Å². The maximum absolute atomic E-state index is 12.0. The van der Waals surface area contributed by atoms with Gasteiger partial charge in [-0.2, -0.15) is 50.5 Å². The number of amides is 4. The van der Waals surface area contributed by atoms with Crippen LogP contribution >= 0.6 is 50.5 Å². The molecule has 2 aromatic carbocycles. The van der Waals surface area contributed by atoms with Crippen LogP contribution < -0.4 is 21.3 Å². The standard InChI is InChI=1S/2C14H16N2O6S2.4Y/c17-11(15-9(5-23)13(19)20)7-2-1-3-8(4-7)12(18)16-10(6-24)14(21)22;17-11(15-5-9(23)13(19)20)7-2-1-3-8(4-7)12(18)16-6-10(24)14(21)22;;;;/h2*1-4,9-10,23-24H,5-6H2,(H,15,17)(H,16,18)(H,19,20)(H,21,22);;;;.